The standard InChI is InChI=1S/C21H24F3N5O4/c1-11-14(5-3-12-4-6-16(33-2)25-8-12)19(29-20(27-11)26-10-21(22,23)24)28-15-7-13(9-30)17(31)18(15)32/h4,6,8,13,15,17-18,30-32H,7,9-10H2,1-2H3,(H2,26,27,28,29)/t13-,15-,17-,18+/m1/s1. The molecule has 0 aliphatic heterocycles. The van der Waals surface area contributed by atoms with E-state index in [1.165, 1.54) is 13.3 Å². The van der Waals surface area contributed by atoms with Crippen LogP contribution in [0.15, 0.2) is 18.3 Å². The molecule has 1 aliphatic rings. The number of alkyl halides is 3. The third-order valence-corrected chi connectivity index (χ3v) is 5.17. The van der Waals surface area contributed by atoms with E-state index in [0.29, 0.717) is 22.7 Å². The fourth-order valence-electron chi connectivity index (χ4n) is 3.42. The average molecular weight is 467 g/mol. The monoisotopic (exact) mass is 467 g/mol. The van der Waals surface area contributed by atoms with Crippen molar-refractivity contribution in [3.63, 3.8) is 0 Å². The van der Waals surface area contributed by atoms with Crippen LogP contribution in [-0.2, 0) is 0 Å². The molecule has 2 aromatic rings. The number of aliphatic hydroxyl groups excluding tert-OH is 3. The fraction of sp³-hybridized carbons (Fsp3) is 0.476. The van der Waals surface area contributed by atoms with E-state index in [2.05, 4.69) is 37.4 Å². The lowest BCUT2D eigenvalue weighted by Gasteiger charge is -2.20. The Balaban J connectivity index is 1.94. The zero-order valence-corrected chi connectivity index (χ0v) is 17.9. The zero-order chi connectivity index (χ0) is 24.2. The maximum Gasteiger partial charge on any atom is 0.405 e. The van der Waals surface area contributed by atoms with E-state index in [1.807, 2.05) is 0 Å². The molecule has 0 spiro atoms. The highest BCUT2D eigenvalue weighted by Crippen LogP contribution is 2.30. The molecule has 1 saturated carbocycles. The number of nitrogens with zero attached hydrogens (tertiary/aromatic N) is 3. The van der Waals surface area contributed by atoms with Gasteiger partial charge in [0, 0.05) is 30.4 Å². The van der Waals surface area contributed by atoms with Crippen molar-refractivity contribution in [1.82, 2.24) is 15.0 Å². The maximum atomic E-state index is 12.6. The smallest absolute Gasteiger partial charge is 0.405 e. The number of nitrogens with one attached hydrogen (secondary N) is 2. The normalized spacial score (nSPS) is 22.4. The molecule has 1 aliphatic carbocycles. The van der Waals surface area contributed by atoms with Crippen LogP contribution in [-0.4, -0.2) is 75.0 Å². The molecule has 0 amide bonds. The van der Waals surface area contributed by atoms with E-state index in [4.69, 9.17) is 4.74 Å². The first-order valence-corrected chi connectivity index (χ1v) is 10.1. The number of aromatic nitrogens is 3. The molecule has 0 bridgehead atoms. The van der Waals surface area contributed by atoms with E-state index in [9.17, 15) is 28.5 Å². The van der Waals surface area contributed by atoms with Gasteiger partial charge in [-0.2, -0.15) is 18.2 Å². The van der Waals surface area contributed by atoms with Crippen LogP contribution in [0, 0.1) is 24.7 Å². The van der Waals surface area contributed by atoms with Crippen LogP contribution in [0.25, 0.3) is 0 Å². The van der Waals surface area contributed by atoms with Crippen molar-refractivity contribution in [2.75, 3.05) is 30.9 Å². The quantitative estimate of drug-likeness (QED) is 0.396. The van der Waals surface area contributed by atoms with E-state index < -0.39 is 36.9 Å². The molecule has 2 heterocycles. The number of halogens is 3. The summed E-state index contributed by atoms with van der Waals surface area (Å²) in [6.07, 6.45) is -5.11. The van der Waals surface area contributed by atoms with Crippen molar-refractivity contribution >= 4 is 11.8 Å². The van der Waals surface area contributed by atoms with Gasteiger partial charge in [-0.15, -0.1) is 0 Å². The lowest BCUT2D eigenvalue weighted by atomic mass is 10.1. The second kappa shape index (κ2) is 10.2. The fourth-order valence-corrected chi connectivity index (χ4v) is 3.42. The molecule has 2 aromatic heterocycles. The van der Waals surface area contributed by atoms with Crippen molar-refractivity contribution < 1.29 is 33.2 Å². The van der Waals surface area contributed by atoms with E-state index in [1.54, 1.807) is 19.1 Å². The highest BCUT2D eigenvalue weighted by molar-refractivity contribution is 5.60. The summed E-state index contributed by atoms with van der Waals surface area (Å²) in [5.74, 6) is 5.48. The molecule has 0 aromatic carbocycles. The molecule has 178 valence electrons. The van der Waals surface area contributed by atoms with E-state index in [0.717, 1.165) is 0 Å². The third-order valence-electron chi connectivity index (χ3n) is 5.17. The summed E-state index contributed by atoms with van der Waals surface area (Å²) in [6.45, 7) is -0.0845. The van der Waals surface area contributed by atoms with E-state index in [-0.39, 0.29) is 24.8 Å². The summed E-state index contributed by atoms with van der Waals surface area (Å²) in [6, 6.07) is 2.61. The van der Waals surface area contributed by atoms with E-state index >= 15 is 0 Å². The number of ether oxygens (including phenoxy) is 1. The van der Waals surface area contributed by atoms with Gasteiger partial charge in [-0.25, -0.2) is 9.97 Å². The molecule has 1 fully saturated rings. The topological polar surface area (TPSA) is 133 Å². The van der Waals surface area contributed by atoms with Gasteiger partial charge < -0.3 is 30.7 Å². The zero-order valence-electron chi connectivity index (χ0n) is 17.9. The molecule has 0 saturated heterocycles. The summed E-state index contributed by atoms with van der Waals surface area (Å²) in [4.78, 5) is 12.2. The van der Waals surface area contributed by atoms with Crippen LogP contribution in [0.4, 0.5) is 24.9 Å². The number of aliphatic hydroxyl groups is 3. The number of aryl methyl sites for hydroxylation is 1. The molecular formula is C21H24F3N5O4. The van der Waals surface area contributed by atoms with Gasteiger partial charge in [0.2, 0.25) is 11.8 Å². The molecule has 9 nitrogen and oxygen atoms in total. The lowest BCUT2D eigenvalue weighted by Crippen LogP contribution is -2.36. The maximum absolute atomic E-state index is 12.6. The predicted octanol–water partition coefficient (Wildman–Crippen LogP) is 1.08. The molecule has 12 heteroatoms. The Kier molecular flexibility index (Phi) is 7.57. The summed E-state index contributed by atoms with van der Waals surface area (Å²) in [5.41, 5.74) is 1.16. The van der Waals surface area contributed by atoms with Crippen LogP contribution in [0.5, 0.6) is 5.88 Å². The predicted molar refractivity (Wildman–Crippen MR) is 113 cm³/mol. The minimum Gasteiger partial charge on any atom is -0.481 e. The van der Waals surface area contributed by atoms with Gasteiger partial charge >= 0.3 is 6.18 Å². The number of hydrogen-bond acceptors (Lipinski definition) is 9. The minimum atomic E-state index is -4.47. The van der Waals surface area contributed by atoms with Crippen LogP contribution in [0.1, 0.15) is 23.2 Å². The Morgan fingerprint density at radius 3 is 2.52 bits per heavy atom. The summed E-state index contributed by atoms with van der Waals surface area (Å²) >= 11 is 0. The van der Waals surface area contributed by atoms with Gasteiger partial charge in [0.1, 0.15) is 18.5 Å². The molecular weight excluding hydrogens is 443 g/mol. The van der Waals surface area contributed by atoms with Crippen molar-refractivity contribution in [3.8, 4) is 17.7 Å². The molecule has 3 rings (SSSR count). The number of hydrogen-bond donors (Lipinski definition) is 5. The summed E-state index contributed by atoms with van der Waals surface area (Å²) in [5, 5.41) is 34.9. The van der Waals surface area contributed by atoms with Crippen molar-refractivity contribution in [2.45, 2.75) is 37.8 Å². The van der Waals surface area contributed by atoms with Gasteiger partial charge in [0.05, 0.1) is 30.5 Å². The SMILES string of the molecule is COc1ccc(C#Cc2c(C)nc(NCC(F)(F)F)nc2N[C@@H]2C[C@H](CO)[C@@H](O)[C@H]2O)cn1. The molecule has 0 radical (unpaired) electrons. The van der Waals surface area contributed by atoms with Gasteiger partial charge in [-0.1, -0.05) is 11.8 Å². The minimum absolute atomic E-state index is 0.0935. The second-order valence-corrected chi connectivity index (χ2v) is 7.57. The molecule has 5 N–H and O–H groups in total. The Bertz CT molecular complexity index is 1020. The van der Waals surface area contributed by atoms with Gasteiger partial charge in [-0.05, 0) is 19.4 Å². The third kappa shape index (κ3) is 6.22. The summed E-state index contributed by atoms with van der Waals surface area (Å²) < 4.78 is 42.9. The number of methoxy groups -OCH3 is 1. The second-order valence-electron chi connectivity index (χ2n) is 7.57. The number of anilines is 2. The van der Waals surface area contributed by atoms with Crippen molar-refractivity contribution in [2.24, 2.45) is 5.92 Å². The van der Waals surface area contributed by atoms with Crippen LogP contribution >= 0.6 is 0 Å². The first-order valence-electron chi connectivity index (χ1n) is 10.1. The molecule has 0 unspecified atom stereocenters. The van der Waals surface area contributed by atoms with Crippen LogP contribution in [0.2, 0.25) is 0 Å². The Labute approximate surface area is 188 Å². The van der Waals surface area contributed by atoms with Gasteiger partial charge in [-0.3, -0.25) is 0 Å². The molecule has 4 atom stereocenters. The highest BCUT2D eigenvalue weighted by atomic mass is 19.4. The van der Waals surface area contributed by atoms with Crippen LogP contribution in [0.3, 0.4) is 0 Å². The van der Waals surface area contributed by atoms with Gasteiger partial charge in [0.15, 0.2) is 0 Å². The largest absolute Gasteiger partial charge is 0.481 e. The lowest BCUT2D eigenvalue weighted by molar-refractivity contribution is -0.115. The summed E-state index contributed by atoms with van der Waals surface area (Å²) in [7, 11) is 1.48. The number of pyridine rings is 1. The number of rotatable bonds is 6. The van der Waals surface area contributed by atoms with Crippen molar-refractivity contribution in [3.05, 3.63) is 35.2 Å². The Morgan fingerprint density at radius 1 is 1.18 bits per heavy atom. The first kappa shape index (κ1) is 24.5. The Hall–Kier alpha value is -3.14. The van der Waals surface area contributed by atoms with Crippen molar-refractivity contribution in [1.29, 1.82) is 0 Å². The van der Waals surface area contributed by atoms with Gasteiger partial charge in [0.25, 0.3) is 0 Å². The molecule has 33 heavy (non-hydrogen) atoms. The average Bonchev–Trinajstić information content (AvgIpc) is 3.05. The Morgan fingerprint density at radius 2 is 1.94 bits per heavy atom. The first-order chi connectivity index (χ1) is 15.6. The van der Waals surface area contributed by atoms with Crippen LogP contribution < -0.4 is 15.4 Å². The highest BCUT2D eigenvalue weighted by Gasteiger charge is 2.41.